The van der Waals surface area contributed by atoms with E-state index in [1.807, 2.05) is 0 Å². The molecule has 2 heterocycles. The zero-order valence-electron chi connectivity index (χ0n) is 14.3. The highest BCUT2D eigenvalue weighted by molar-refractivity contribution is 9.10. The fraction of sp³-hybridized carbons (Fsp3) is 0.562. The molecule has 1 amide bonds. The van der Waals surface area contributed by atoms with Crippen molar-refractivity contribution in [2.75, 3.05) is 38.1 Å². The van der Waals surface area contributed by atoms with Crippen molar-refractivity contribution in [1.82, 2.24) is 10.2 Å². The van der Waals surface area contributed by atoms with Crippen molar-refractivity contribution in [1.29, 1.82) is 0 Å². The van der Waals surface area contributed by atoms with Gasteiger partial charge in [0, 0.05) is 29.7 Å². The summed E-state index contributed by atoms with van der Waals surface area (Å²) in [5.41, 5.74) is -0.241. The van der Waals surface area contributed by atoms with Gasteiger partial charge in [-0.1, -0.05) is 15.9 Å². The highest BCUT2D eigenvalue weighted by Gasteiger charge is 2.40. The van der Waals surface area contributed by atoms with Gasteiger partial charge in [0.25, 0.3) is 11.6 Å². The van der Waals surface area contributed by atoms with Crippen LogP contribution in [-0.4, -0.2) is 60.7 Å². The van der Waals surface area contributed by atoms with Crippen molar-refractivity contribution in [3.05, 3.63) is 32.3 Å². The van der Waals surface area contributed by atoms with Crippen LogP contribution in [-0.2, 0) is 4.74 Å². The SMILES string of the molecule is O=C(c1cc(Br)cc([N+](=O)[O-])c1N[C@@H]1CCCNC1)N1CCOC(F)(F)C1. The third-order valence-electron chi connectivity index (χ3n) is 4.49. The van der Waals surface area contributed by atoms with Gasteiger partial charge in [-0.3, -0.25) is 14.9 Å². The highest BCUT2D eigenvalue weighted by atomic mass is 79.9. The van der Waals surface area contributed by atoms with Gasteiger partial charge >= 0.3 is 6.11 Å². The van der Waals surface area contributed by atoms with Gasteiger partial charge in [-0.2, -0.15) is 8.78 Å². The molecule has 8 nitrogen and oxygen atoms in total. The minimum Gasteiger partial charge on any atom is -0.375 e. The summed E-state index contributed by atoms with van der Waals surface area (Å²) in [4.78, 5) is 24.8. The largest absolute Gasteiger partial charge is 0.375 e. The Morgan fingerprint density at radius 2 is 2.26 bits per heavy atom. The number of nitro groups is 1. The van der Waals surface area contributed by atoms with E-state index in [1.165, 1.54) is 12.1 Å². The summed E-state index contributed by atoms with van der Waals surface area (Å²) in [5, 5.41) is 17.8. The van der Waals surface area contributed by atoms with Crippen LogP contribution in [0.2, 0.25) is 0 Å². The van der Waals surface area contributed by atoms with Crippen LogP contribution in [0, 0.1) is 10.1 Å². The molecule has 1 aromatic carbocycles. The van der Waals surface area contributed by atoms with E-state index in [-0.39, 0.29) is 36.1 Å². The number of hydrogen-bond acceptors (Lipinski definition) is 6. The lowest BCUT2D eigenvalue weighted by atomic mass is 10.0. The minimum atomic E-state index is -3.44. The molecule has 0 radical (unpaired) electrons. The number of nitro benzene ring substituents is 1. The van der Waals surface area contributed by atoms with E-state index >= 15 is 0 Å². The van der Waals surface area contributed by atoms with E-state index in [4.69, 9.17) is 0 Å². The number of morpholine rings is 1. The van der Waals surface area contributed by atoms with Crippen molar-refractivity contribution >= 4 is 33.2 Å². The first-order valence-electron chi connectivity index (χ1n) is 8.53. The number of carbonyl (C=O) groups excluding carboxylic acids is 1. The van der Waals surface area contributed by atoms with Crippen LogP contribution in [0.25, 0.3) is 0 Å². The predicted molar refractivity (Wildman–Crippen MR) is 97.1 cm³/mol. The first-order valence-corrected chi connectivity index (χ1v) is 9.32. The van der Waals surface area contributed by atoms with Crippen LogP contribution in [0.4, 0.5) is 20.2 Å². The molecule has 27 heavy (non-hydrogen) atoms. The van der Waals surface area contributed by atoms with Crippen LogP contribution in [0.5, 0.6) is 0 Å². The molecule has 3 rings (SSSR count). The Bertz CT molecular complexity index is 743. The molecular weight excluding hydrogens is 430 g/mol. The Balaban J connectivity index is 1.96. The van der Waals surface area contributed by atoms with Crippen molar-refractivity contribution in [2.24, 2.45) is 0 Å². The number of anilines is 1. The Morgan fingerprint density at radius 3 is 2.89 bits per heavy atom. The average Bonchev–Trinajstić information content (AvgIpc) is 2.62. The van der Waals surface area contributed by atoms with Crippen molar-refractivity contribution < 1.29 is 23.2 Å². The molecule has 1 atom stereocenters. The van der Waals surface area contributed by atoms with Crippen LogP contribution in [0.3, 0.4) is 0 Å². The average molecular weight is 449 g/mol. The standard InChI is InChI=1S/C16H19BrF2N4O4/c17-10-6-12(15(24)22-4-5-27-16(18,19)9-22)14(13(7-10)23(25)26)21-11-2-1-3-20-8-11/h6-7,11,20-21H,1-5,8-9H2/t11-/m1/s1. The van der Waals surface area contributed by atoms with E-state index in [0.717, 1.165) is 24.3 Å². The van der Waals surface area contributed by atoms with Crippen molar-refractivity contribution in [2.45, 2.75) is 25.0 Å². The van der Waals surface area contributed by atoms with Gasteiger partial charge in [-0.05, 0) is 25.5 Å². The second-order valence-corrected chi connectivity index (χ2v) is 7.42. The second-order valence-electron chi connectivity index (χ2n) is 6.50. The Kier molecular flexibility index (Phi) is 5.92. The van der Waals surface area contributed by atoms with Crippen LogP contribution < -0.4 is 10.6 Å². The Labute approximate surface area is 162 Å². The number of benzene rings is 1. The van der Waals surface area contributed by atoms with Gasteiger partial charge < -0.3 is 20.3 Å². The molecular formula is C16H19BrF2N4O4. The number of alkyl halides is 2. The number of carbonyl (C=O) groups is 1. The molecule has 1 aromatic rings. The summed E-state index contributed by atoms with van der Waals surface area (Å²) in [6.07, 6.45) is -1.77. The molecule has 2 aliphatic rings. The molecule has 0 spiro atoms. The van der Waals surface area contributed by atoms with Gasteiger partial charge in [0.2, 0.25) is 0 Å². The molecule has 148 valence electrons. The van der Waals surface area contributed by atoms with E-state index in [0.29, 0.717) is 11.0 Å². The maximum absolute atomic E-state index is 13.5. The van der Waals surface area contributed by atoms with Crippen molar-refractivity contribution in [3.63, 3.8) is 0 Å². The molecule has 0 aromatic heterocycles. The number of nitrogens with one attached hydrogen (secondary N) is 2. The van der Waals surface area contributed by atoms with Crippen LogP contribution in [0.15, 0.2) is 16.6 Å². The summed E-state index contributed by atoms with van der Waals surface area (Å²) in [5.74, 6) is -0.700. The fourth-order valence-electron chi connectivity index (χ4n) is 3.23. The molecule has 11 heteroatoms. The van der Waals surface area contributed by atoms with Crippen molar-refractivity contribution in [3.8, 4) is 0 Å². The summed E-state index contributed by atoms with van der Waals surface area (Å²) >= 11 is 3.17. The number of rotatable bonds is 4. The molecule has 2 fully saturated rings. The normalized spacial score (nSPS) is 22.3. The first-order chi connectivity index (χ1) is 12.8. The highest BCUT2D eigenvalue weighted by Crippen LogP contribution is 2.35. The first kappa shape index (κ1) is 19.9. The number of piperidine rings is 1. The van der Waals surface area contributed by atoms with Gasteiger partial charge in [0.15, 0.2) is 0 Å². The second kappa shape index (κ2) is 8.03. The number of nitrogens with zero attached hydrogens (tertiary/aromatic N) is 2. The molecule has 0 unspecified atom stereocenters. The van der Waals surface area contributed by atoms with Gasteiger partial charge in [0.05, 0.1) is 17.1 Å². The molecule has 0 aliphatic carbocycles. The third kappa shape index (κ3) is 4.71. The van der Waals surface area contributed by atoms with E-state index < -0.39 is 23.5 Å². The third-order valence-corrected chi connectivity index (χ3v) is 4.95. The predicted octanol–water partition coefficient (Wildman–Crippen LogP) is 2.59. The summed E-state index contributed by atoms with van der Waals surface area (Å²) in [6, 6.07) is 2.61. The zero-order chi connectivity index (χ0) is 19.6. The number of halogens is 3. The molecule has 2 saturated heterocycles. The lowest BCUT2D eigenvalue weighted by molar-refractivity contribution is -0.384. The maximum atomic E-state index is 13.5. The molecule has 0 saturated carbocycles. The van der Waals surface area contributed by atoms with Gasteiger partial charge in [-0.15, -0.1) is 0 Å². The van der Waals surface area contributed by atoms with Gasteiger partial charge in [-0.25, -0.2) is 0 Å². The molecule has 2 aliphatic heterocycles. The molecule has 0 bridgehead atoms. The number of hydrogen-bond donors (Lipinski definition) is 2. The van der Waals surface area contributed by atoms with E-state index in [1.54, 1.807) is 0 Å². The van der Waals surface area contributed by atoms with Gasteiger partial charge in [0.1, 0.15) is 12.2 Å². The maximum Gasteiger partial charge on any atom is 0.373 e. The fourth-order valence-corrected chi connectivity index (χ4v) is 3.68. The molecule has 2 N–H and O–H groups in total. The lowest BCUT2D eigenvalue weighted by Crippen LogP contribution is -2.49. The zero-order valence-corrected chi connectivity index (χ0v) is 15.9. The smallest absolute Gasteiger partial charge is 0.373 e. The number of ether oxygens (including phenoxy) is 1. The van der Waals surface area contributed by atoms with Crippen LogP contribution >= 0.6 is 15.9 Å². The number of amides is 1. The summed E-state index contributed by atoms with van der Waals surface area (Å²) in [6.45, 7) is 0.242. The minimum absolute atomic E-state index is 0.0145. The van der Waals surface area contributed by atoms with Crippen LogP contribution in [0.1, 0.15) is 23.2 Å². The quantitative estimate of drug-likeness (QED) is 0.542. The monoisotopic (exact) mass is 448 g/mol. The lowest BCUT2D eigenvalue weighted by Gasteiger charge is -2.33. The topological polar surface area (TPSA) is 96.7 Å². The van der Waals surface area contributed by atoms with E-state index in [9.17, 15) is 23.7 Å². The Morgan fingerprint density at radius 1 is 1.48 bits per heavy atom. The van der Waals surface area contributed by atoms with E-state index in [2.05, 4.69) is 31.3 Å². The summed E-state index contributed by atoms with van der Waals surface area (Å²) in [7, 11) is 0. The Hall–Kier alpha value is -1.85. The summed E-state index contributed by atoms with van der Waals surface area (Å²) < 4.78 is 31.7.